The van der Waals surface area contributed by atoms with E-state index in [4.69, 9.17) is 0 Å². The van der Waals surface area contributed by atoms with Crippen LogP contribution >= 0.6 is 0 Å². The van der Waals surface area contributed by atoms with Gasteiger partial charge in [0.2, 0.25) is 0 Å². The number of aryl methyl sites for hydroxylation is 3. The van der Waals surface area contributed by atoms with Gasteiger partial charge in [-0.3, -0.25) is 9.88 Å². The van der Waals surface area contributed by atoms with Crippen molar-refractivity contribution in [3.05, 3.63) is 65.1 Å². The highest BCUT2D eigenvalue weighted by Gasteiger charge is 2.32. The molecule has 3 heteroatoms. The number of likely N-dealkylation sites (N-methyl/N-ethyl adjacent to an activating group) is 1. The summed E-state index contributed by atoms with van der Waals surface area (Å²) in [5.41, 5.74) is 6.86. The zero-order valence-corrected chi connectivity index (χ0v) is 16.4. The number of hydrogen-bond donors (Lipinski definition) is 0. The van der Waals surface area contributed by atoms with Crippen LogP contribution in [0.15, 0.2) is 42.6 Å². The Morgan fingerprint density at radius 2 is 1.96 bits per heavy atom. The van der Waals surface area contributed by atoms with Gasteiger partial charge in [-0.05, 0) is 57.0 Å². The van der Waals surface area contributed by atoms with Gasteiger partial charge in [0.25, 0.3) is 0 Å². The highest BCUT2D eigenvalue weighted by Crippen LogP contribution is 2.39. The van der Waals surface area contributed by atoms with Crippen molar-refractivity contribution in [3.63, 3.8) is 0 Å². The standard InChI is InChI=1S/C23H29N3/c1-5-19-14-22-23(17(3)25(19)4)20-8-6-7-9-21(20)26(22)13-12-18-11-10-16(2)24-15-18/h6-11,15,17,19H,5,12-14H2,1-4H3/t17-,19+/m0/s1. The molecule has 2 atom stereocenters. The normalized spacial score (nSPS) is 20.5. The van der Waals surface area contributed by atoms with Crippen LogP contribution in [-0.4, -0.2) is 27.5 Å². The highest BCUT2D eigenvalue weighted by atomic mass is 15.2. The fourth-order valence-electron chi connectivity index (χ4n) is 4.53. The van der Waals surface area contributed by atoms with E-state index >= 15 is 0 Å². The third-order valence-electron chi connectivity index (χ3n) is 6.22. The van der Waals surface area contributed by atoms with E-state index in [0.717, 1.165) is 25.1 Å². The van der Waals surface area contributed by atoms with Gasteiger partial charge in [-0.25, -0.2) is 0 Å². The molecule has 0 N–H and O–H groups in total. The SMILES string of the molecule is CC[C@@H]1Cc2c(c3ccccc3n2CCc2ccc(C)nc2)[C@H](C)N1C. The Bertz CT molecular complexity index is 907. The Labute approximate surface area is 156 Å². The average Bonchev–Trinajstić information content (AvgIpc) is 2.97. The van der Waals surface area contributed by atoms with Crippen molar-refractivity contribution in [2.45, 2.75) is 58.7 Å². The summed E-state index contributed by atoms with van der Waals surface area (Å²) in [6, 6.07) is 14.4. The van der Waals surface area contributed by atoms with Crippen LogP contribution in [0.3, 0.4) is 0 Å². The number of hydrogen-bond acceptors (Lipinski definition) is 2. The summed E-state index contributed by atoms with van der Waals surface area (Å²) in [6.45, 7) is 7.74. The molecule has 3 aromatic rings. The quantitative estimate of drug-likeness (QED) is 0.668. The lowest BCUT2D eigenvalue weighted by Gasteiger charge is -2.38. The number of para-hydroxylation sites is 1. The maximum atomic E-state index is 4.46. The molecule has 0 aliphatic carbocycles. The lowest BCUT2D eigenvalue weighted by Crippen LogP contribution is -2.40. The summed E-state index contributed by atoms with van der Waals surface area (Å²) in [5.74, 6) is 0. The summed E-state index contributed by atoms with van der Waals surface area (Å²) >= 11 is 0. The maximum Gasteiger partial charge on any atom is 0.0486 e. The Morgan fingerprint density at radius 3 is 2.69 bits per heavy atom. The van der Waals surface area contributed by atoms with Crippen LogP contribution in [0.1, 0.15) is 48.8 Å². The summed E-state index contributed by atoms with van der Waals surface area (Å²) in [5, 5.41) is 1.43. The van der Waals surface area contributed by atoms with Crippen molar-refractivity contribution < 1.29 is 0 Å². The monoisotopic (exact) mass is 347 g/mol. The molecule has 0 saturated carbocycles. The first-order chi connectivity index (χ1) is 12.6. The van der Waals surface area contributed by atoms with Crippen LogP contribution in [0, 0.1) is 6.92 Å². The zero-order chi connectivity index (χ0) is 18.3. The fourth-order valence-corrected chi connectivity index (χ4v) is 4.53. The van der Waals surface area contributed by atoms with Crippen molar-refractivity contribution >= 4 is 10.9 Å². The average molecular weight is 348 g/mol. The third kappa shape index (κ3) is 2.84. The van der Waals surface area contributed by atoms with Gasteiger partial charge in [0.05, 0.1) is 0 Å². The van der Waals surface area contributed by atoms with Crippen molar-refractivity contribution in [2.75, 3.05) is 7.05 Å². The number of pyridine rings is 1. The number of aromatic nitrogens is 2. The highest BCUT2D eigenvalue weighted by molar-refractivity contribution is 5.86. The predicted molar refractivity (Wildman–Crippen MR) is 109 cm³/mol. The molecule has 3 heterocycles. The predicted octanol–water partition coefficient (Wildman–Crippen LogP) is 4.91. The molecule has 26 heavy (non-hydrogen) atoms. The maximum absolute atomic E-state index is 4.46. The van der Waals surface area contributed by atoms with E-state index in [9.17, 15) is 0 Å². The molecule has 0 radical (unpaired) electrons. The minimum Gasteiger partial charge on any atom is -0.344 e. The fraction of sp³-hybridized carbons (Fsp3) is 0.435. The van der Waals surface area contributed by atoms with Gasteiger partial charge in [0.1, 0.15) is 0 Å². The van der Waals surface area contributed by atoms with Crippen LogP contribution in [-0.2, 0) is 19.4 Å². The molecule has 1 aliphatic rings. The molecule has 0 spiro atoms. The molecule has 2 aromatic heterocycles. The first-order valence-electron chi connectivity index (χ1n) is 9.83. The smallest absolute Gasteiger partial charge is 0.0486 e. The summed E-state index contributed by atoms with van der Waals surface area (Å²) in [6.07, 6.45) is 5.40. The van der Waals surface area contributed by atoms with Gasteiger partial charge in [-0.2, -0.15) is 0 Å². The Balaban J connectivity index is 1.76. The van der Waals surface area contributed by atoms with Gasteiger partial charge < -0.3 is 4.57 Å². The van der Waals surface area contributed by atoms with Crippen molar-refractivity contribution in [2.24, 2.45) is 0 Å². The van der Waals surface area contributed by atoms with E-state index in [-0.39, 0.29) is 0 Å². The molecule has 0 fully saturated rings. The number of nitrogens with zero attached hydrogens (tertiary/aromatic N) is 3. The second-order valence-corrected chi connectivity index (χ2v) is 7.69. The van der Waals surface area contributed by atoms with E-state index in [1.54, 1.807) is 5.69 Å². The van der Waals surface area contributed by atoms with Gasteiger partial charge in [0, 0.05) is 53.5 Å². The number of fused-ring (bicyclic) bond motifs is 3. The molecule has 1 aliphatic heterocycles. The number of rotatable bonds is 4. The van der Waals surface area contributed by atoms with Crippen LogP contribution in [0.4, 0.5) is 0 Å². The Kier molecular flexibility index (Phi) is 4.58. The lowest BCUT2D eigenvalue weighted by atomic mass is 9.91. The van der Waals surface area contributed by atoms with Crippen LogP contribution in [0.2, 0.25) is 0 Å². The minimum atomic E-state index is 0.468. The van der Waals surface area contributed by atoms with E-state index < -0.39 is 0 Å². The first kappa shape index (κ1) is 17.3. The van der Waals surface area contributed by atoms with Crippen LogP contribution < -0.4 is 0 Å². The zero-order valence-electron chi connectivity index (χ0n) is 16.4. The van der Waals surface area contributed by atoms with Crippen LogP contribution in [0.25, 0.3) is 10.9 Å². The molecule has 1 aromatic carbocycles. The number of benzene rings is 1. The molecular formula is C23H29N3. The van der Waals surface area contributed by atoms with Gasteiger partial charge in [-0.15, -0.1) is 0 Å². The van der Waals surface area contributed by atoms with Gasteiger partial charge in [-0.1, -0.05) is 31.2 Å². The van der Waals surface area contributed by atoms with E-state index in [0.29, 0.717) is 12.1 Å². The Hall–Kier alpha value is -2.13. The van der Waals surface area contributed by atoms with Crippen molar-refractivity contribution in [1.82, 2.24) is 14.5 Å². The Morgan fingerprint density at radius 1 is 1.15 bits per heavy atom. The second kappa shape index (κ2) is 6.88. The van der Waals surface area contributed by atoms with Gasteiger partial charge >= 0.3 is 0 Å². The van der Waals surface area contributed by atoms with Crippen LogP contribution in [0.5, 0.6) is 0 Å². The molecule has 3 nitrogen and oxygen atoms in total. The van der Waals surface area contributed by atoms with Crippen molar-refractivity contribution in [1.29, 1.82) is 0 Å². The largest absolute Gasteiger partial charge is 0.344 e. The van der Waals surface area contributed by atoms with E-state index in [1.807, 2.05) is 13.1 Å². The molecular weight excluding hydrogens is 318 g/mol. The molecule has 0 saturated heterocycles. The summed E-state index contributed by atoms with van der Waals surface area (Å²) < 4.78 is 2.58. The molecule has 136 valence electrons. The first-order valence-corrected chi connectivity index (χ1v) is 9.83. The lowest BCUT2D eigenvalue weighted by molar-refractivity contribution is 0.160. The summed E-state index contributed by atoms with van der Waals surface area (Å²) in [4.78, 5) is 7.02. The molecule has 0 unspecified atom stereocenters. The van der Waals surface area contributed by atoms with Crippen molar-refractivity contribution in [3.8, 4) is 0 Å². The second-order valence-electron chi connectivity index (χ2n) is 7.69. The third-order valence-corrected chi connectivity index (χ3v) is 6.22. The molecule has 4 rings (SSSR count). The topological polar surface area (TPSA) is 21.1 Å². The van der Waals surface area contributed by atoms with E-state index in [2.05, 4.69) is 71.7 Å². The van der Waals surface area contributed by atoms with E-state index in [1.165, 1.54) is 28.5 Å². The summed E-state index contributed by atoms with van der Waals surface area (Å²) in [7, 11) is 2.28. The minimum absolute atomic E-state index is 0.468. The molecule has 0 amide bonds. The van der Waals surface area contributed by atoms with Gasteiger partial charge in [0.15, 0.2) is 0 Å². The molecule has 0 bridgehead atoms.